The quantitative estimate of drug-likeness (QED) is 0.543. The standard InChI is InChI=1S/C21H22F2N2O2S/c1-20(2,3)11-6-7-24-15(8-11)16-9-12-14(25-16)10-13(22)18(17(12)23)28-21(4,5)19(26)27/h6-10,25H,1-5H3,(H,26,27). The number of nitrogens with one attached hydrogen (secondary N) is 1. The number of aliphatic carboxylic acids is 1. The second-order valence-electron chi connectivity index (χ2n) is 8.24. The van der Waals surface area contributed by atoms with Crippen molar-refractivity contribution in [2.75, 3.05) is 0 Å². The highest BCUT2D eigenvalue weighted by atomic mass is 32.2. The van der Waals surface area contributed by atoms with E-state index in [1.165, 1.54) is 19.9 Å². The highest BCUT2D eigenvalue weighted by molar-refractivity contribution is 8.01. The van der Waals surface area contributed by atoms with Crippen LogP contribution in [-0.2, 0) is 10.2 Å². The molecule has 7 heteroatoms. The first kappa shape index (κ1) is 20.3. The molecule has 4 nitrogen and oxygen atoms in total. The molecule has 0 amide bonds. The number of hydrogen-bond donors (Lipinski definition) is 2. The van der Waals surface area contributed by atoms with Crippen molar-refractivity contribution in [3.8, 4) is 11.4 Å². The minimum absolute atomic E-state index is 0.0761. The number of aromatic nitrogens is 2. The van der Waals surface area contributed by atoms with Crippen LogP contribution in [0.1, 0.15) is 40.2 Å². The molecule has 0 saturated heterocycles. The molecule has 2 aromatic heterocycles. The minimum Gasteiger partial charge on any atom is -0.480 e. The Hall–Kier alpha value is -2.41. The molecule has 1 aromatic carbocycles. The molecule has 2 heterocycles. The predicted octanol–water partition coefficient (Wildman–Crippen LogP) is 5.76. The van der Waals surface area contributed by atoms with Gasteiger partial charge in [-0.2, -0.15) is 0 Å². The first-order chi connectivity index (χ1) is 12.9. The molecule has 0 bridgehead atoms. The van der Waals surface area contributed by atoms with Crippen molar-refractivity contribution in [2.24, 2.45) is 0 Å². The lowest BCUT2D eigenvalue weighted by molar-refractivity contribution is -0.138. The summed E-state index contributed by atoms with van der Waals surface area (Å²) in [5, 5.41) is 9.46. The fourth-order valence-corrected chi connectivity index (χ4v) is 3.71. The number of carboxylic acid groups (broad SMARTS) is 1. The minimum atomic E-state index is -1.36. The van der Waals surface area contributed by atoms with Crippen molar-refractivity contribution in [2.45, 2.75) is 49.7 Å². The van der Waals surface area contributed by atoms with Crippen molar-refractivity contribution in [1.29, 1.82) is 0 Å². The van der Waals surface area contributed by atoms with E-state index in [1.807, 2.05) is 12.1 Å². The third-order valence-corrected chi connectivity index (χ3v) is 5.81. The fraction of sp³-hybridized carbons (Fsp3) is 0.333. The molecular formula is C21H22F2N2O2S. The maximum Gasteiger partial charge on any atom is 0.319 e. The molecule has 0 aliphatic rings. The van der Waals surface area contributed by atoms with E-state index in [-0.39, 0.29) is 15.7 Å². The van der Waals surface area contributed by atoms with Gasteiger partial charge in [-0.15, -0.1) is 11.8 Å². The van der Waals surface area contributed by atoms with Crippen LogP contribution >= 0.6 is 11.8 Å². The van der Waals surface area contributed by atoms with Gasteiger partial charge >= 0.3 is 5.97 Å². The number of carbonyl (C=O) groups is 1. The number of aromatic amines is 1. The second-order valence-corrected chi connectivity index (χ2v) is 9.88. The van der Waals surface area contributed by atoms with Crippen LogP contribution in [-0.4, -0.2) is 25.8 Å². The van der Waals surface area contributed by atoms with E-state index < -0.39 is 22.4 Å². The van der Waals surface area contributed by atoms with Crippen LogP contribution in [0.25, 0.3) is 22.3 Å². The number of nitrogens with zero attached hydrogens (tertiary/aromatic N) is 1. The van der Waals surface area contributed by atoms with Gasteiger partial charge in [0.1, 0.15) is 16.4 Å². The van der Waals surface area contributed by atoms with Gasteiger partial charge in [-0.1, -0.05) is 20.8 Å². The summed E-state index contributed by atoms with van der Waals surface area (Å²) in [5.41, 5.74) is 2.49. The van der Waals surface area contributed by atoms with Crippen LogP contribution < -0.4 is 0 Å². The van der Waals surface area contributed by atoms with Crippen molar-refractivity contribution < 1.29 is 18.7 Å². The number of fused-ring (bicyclic) bond motifs is 1. The zero-order chi connectivity index (χ0) is 20.9. The molecule has 0 atom stereocenters. The summed E-state index contributed by atoms with van der Waals surface area (Å²) < 4.78 is 28.2. The third kappa shape index (κ3) is 3.76. The molecular weight excluding hydrogens is 382 g/mol. The topological polar surface area (TPSA) is 66.0 Å². The SMILES string of the molecule is CC(C)(Sc1c(F)cc2[nH]c(-c3cc(C(C)(C)C)ccn3)cc2c1F)C(=O)O. The lowest BCUT2D eigenvalue weighted by atomic mass is 9.87. The molecule has 0 saturated carbocycles. The van der Waals surface area contributed by atoms with Gasteiger partial charge in [0.25, 0.3) is 0 Å². The molecule has 3 aromatic rings. The molecule has 0 spiro atoms. The zero-order valence-electron chi connectivity index (χ0n) is 16.4. The number of hydrogen-bond acceptors (Lipinski definition) is 3. The Morgan fingerprint density at radius 1 is 1.14 bits per heavy atom. The van der Waals surface area contributed by atoms with E-state index in [0.717, 1.165) is 5.56 Å². The zero-order valence-corrected chi connectivity index (χ0v) is 17.2. The first-order valence-corrected chi connectivity index (χ1v) is 9.62. The normalized spacial score (nSPS) is 12.5. The third-order valence-electron chi connectivity index (χ3n) is 4.55. The largest absolute Gasteiger partial charge is 0.480 e. The van der Waals surface area contributed by atoms with Crippen LogP contribution in [0.3, 0.4) is 0 Å². The molecule has 0 aliphatic heterocycles. The van der Waals surface area contributed by atoms with E-state index in [4.69, 9.17) is 0 Å². The predicted molar refractivity (Wildman–Crippen MR) is 108 cm³/mol. The molecule has 3 rings (SSSR count). The van der Waals surface area contributed by atoms with Gasteiger partial charge in [0.15, 0.2) is 0 Å². The van der Waals surface area contributed by atoms with Gasteiger partial charge in [-0.25, -0.2) is 8.78 Å². The number of pyridine rings is 1. The Kier molecular flexibility index (Phi) is 5.00. The van der Waals surface area contributed by atoms with E-state index in [0.29, 0.717) is 28.7 Å². The van der Waals surface area contributed by atoms with Crippen molar-refractivity contribution >= 4 is 28.6 Å². The Bertz CT molecular complexity index is 1070. The summed E-state index contributed by atoms with van der Waals surface area (Å²) in [4.78, 5) is 18.4. The van der Waals surface area contributed by atoms with Crippen LogP contribution in [0.2, 0.25) is 0 Å². The molecule has 148 valence electrons. The number of thioether (sulfide) groups is 1. The van der Waals surface area contributed by atoms with Gasteiger partial charge < -0.3 is 10.1 Å². The smallest absolute Gasteiger partial charge is 0.319 e. The molecule has 2 N–H and O–H groups in total. The summed E-state index contributed by atoms with van der Waals surface area (Å²) in [5.74, 6) is -2.72. The summed E-state index contributed by atoms with van der Waals surface area (Å²) in [6.07, 6.45) is 1.69. The number of carboxylic acids is 1. The van der Waals surface area contributed by atoms with Crippen LogP contribution in [0.5, 0.6) is 0 Å². The number of halogens is 2. The summed E-state index contributed by atoms with van der Waals surface area (Å²) in [6, 6.07) is 6.61. The lowest BCUT2D eigenvalue weighted by Crippen LogP contribution is -2.27. The number of H-pyrrole nitrogens is 1. The van der Waals surface area contributed by atoms with Crippen molar-refractivity contribution in [3.05, 3.63) is 47.7 Å². The van der Waals surface area contributed by atoms with Gasteiger partial charge in [-0.05, 0) is 49.1 Å². The highest BCUT2D eigenvalue weighted by Gasteiger charge is 2.32. The van der Waals surface area contributed by atoms with E-state index in [9.17, 15) is 14.3 Å². The fourth-order valence-electron chi connectivity index (χ4n) is 2.76. The Morgan fingerprint density at radius 3 is 2.43 bits per heavy atom. The second kappa shape index (κ2) is 6.88. The van der Waals surface area contributed by atoms with E-state index in [2.05, 4.69) is 30.7 Å². The average Bonchev–Trinajstić information content (AvgIpc) is 3.02. The molecule has 0 fully saturated rings. The Labute approximate surface area is 166 Å². The first-order valence-electron chi connectivity index (χ1n) is 8.80. The van der Waals surface area contributed by atoms with Gasteiger partial charge in [0.05, 0.1) is 21.8 Å². The van der Waals surface area contributed by atoms with Crippen LogP contribution in [0.4, 0.5) is 8.78 Å². The number of benzene rings is 1. The summed E-state index contributed by atoms with van der Waals surface area (Å²) in [7, 11) is 0. The Morgan fingerprint density at radius 2 is 1.82 bits per heavy atom. The lowest BCUT2D eigenvalue weighted by Gasteiger charge is -2.19. The monoisotopic (exact) mass is 404 g/mol. The van der Waals surface area contributed by atoms with Crippen molar-refractivity contribution in [3.63, 3.8) is 0 Å². The van der Waals surface area contributed by atoms with Gasteiger partial charge in [0.2, 0.25) is 0 Å². The van der Waals surface area contributed by atoms with Gasteiger partial charge in [-0.3, -0.25) is 9.78 Å². The molecule has 0 radical (unpaired) electrons. The Balaban J connectivity index is 2.10. The maximum atomic E-state index is 15.0. The van der Waals surface area contributed by atoms with Crippen LogP contribution in [0, 0.1) is 11.6 Å². The maximum absolute atomic E-state index is 15.0. The summed E-state index contributed by atoms with van der Waals surface area (Å²) >= 11 is 0.654. The molecule has 28 heavy (non-hydrogen) atoms. The number of rotatable bonds is 4. The van der Waals surface area contributed by atoms with E-state index in [1.54, 1.807) is 12.3 Å². The van der Waals surface area contributed by atoms with Crippen molar-refractivity contribution in [1.82, 2.24) is 9.97 Å². The molecule has 0 unspecified atom stereocenters. The van der Waals surface area contributed by atoms with Gasteiger partial charge in [0, 0.05) is 11.6 Å². The molecule has 0 aliphatic carbocycles. The van der Waals surface area contributed by atoms with E-state index >= 15 is 4.39 Å². The summed E-state index contributed by atoms with van der Waals surface area (Å²) in [6.45, 7) is 9.07. The van der Waals surface area contributed by atoms with Crippen LogP contribution in [0.15, 0.2) is 35.4 Å². The highest BCUT2D eigenvalue weighted by Crippen LogP contribution is 2.39. The average molecular weight is 404 g/mol.